The summed E-state index contributed by atoms with van der Waals surface area (Å²) >= 11 is 0. The zero-order chi connectivity index (χ0) is 10.7. The molecule has 0 amide bonds. The number of halogens is 2. The van der Waals surface area contributed by atoms with Crippen LogP contribution in [0.5, 0.6) is 0 Å². The number of hydrogen-bond acceptors (Lipinski definition) is 1. The first-order chi connectivity index (χ1) is 7.25. The molecular weight excluding hydrogens is 198 g/mol. The lowest BCUT2D eigenvalue weighted by molar-refractivity contribution is 0.509. The Kier molecular flexibility index (Phi) is 2.58. The van der Waals surface area contributed by atoms with Crippen LogP contribution in [-0.2, 0) is 0 Å². The summed E-state index contributed by atoms with van der Waals surface area (Å²) in [6, 6.07) is 8.67. The Morgan fingerprint density at radius 1 is 1.00 bits per heavy atom. The highest BCUT2D eigenvalue weighted by molar-refractivity contribution is 5.62. The molecule has 0 spiro atoms. The van der Waals surface area contributed by atoms with Crippen molar-refractivity contribution in [3.63, 3.8) is 0 Å². The van der Waals surface area contributed by atoms with Crippen LogP contribution in [-0.4, -0.2) is 4.98 Å². The summed E-state index contributed by atoms with van der Waals surface area (Å²) < 4.78 is 25.4. The molecular formula is C11H7F2N2-. The maximum Gasteiger partial charge on any atom is 0.159 e. The summed E-state index contributed by atoms with van der Waals surface area (Å²) in [5, 5.41) is 4.03. The van der Waals surface area contributed by atoms with Gasteiger partial charge in [0.2, 0.25) is 0 Å². The topological polar surface area (TPSA) is 27.0 Å². The van der Waals surface area contributed by atoms with Gasteiger partial charge in [-0.25, -0.2) is 8.78 Å². The van der Waals surface area contributed by atoms with Crippen molar-refractivity contribution in [1.29, 1.82) is 0 Å². The van der Waals surface area contributed by atoms with E-state index < -0.39 is 11.6 Å². The minimum atomic E-state index is -0.910. The van der Waals surface area contributed by atoms with Gasteiger partial charge in [-0.1, -0.05) is 36.3 Å². The number of aromatic nitrogens is 1. The van der Waals surface area contributed by atoms with E-state index in [1.165, 1.54) is 6.07 Å². The molecule has 2 rings (SSSR count). The van der Waals surface area contributed by atoms with Crippen LogP contribution < -0.4 is 0 Å². The molecule has 4 heteroatoms. The third kappa shape index (κ3) is 2.28. The number of nitrogens with zero attached hydrogens (tertiary/aromatic N) is 2. The van der Waals surface area contributed by atoms with Gasteiger partial charge in [-0.2, -0.15) is 0 Å². The van der Waals surface area contributed by atoms with Gasteiger partial charge in [-0.15, -0.1) is 0 Å². The third-order valence-electron chi connectivity index (χ3n) is 1.80. The second kappa shape index (κ2) is 4.04. The number of pyridine rings is 1. The molecule has 0 aliphatic rings. The Bertz CT molecular complexity index is 457. The molecule has 0 N–H and O–H groups in total. The lowest BCUT2D eigenvalue weighted by atomic mass is 10.3. The van der Waals surface area contributed by atoms with Crippen molar-refractivity contribution in [2.45, 2.75) is 0 Å². The summed E-state index contributed by atoms with van der Waals surface area (Å²) in [4.78, 5) is 3.94. The summed E-state index contributed by atoms with van der Waals surface area (Å²) in [7, 11) is 0. The lowest BCUT2D eigenvalue weighted by Gasteiger charge is -2.14. The van der Waals surface area contributed by atoms with Gasteiger partial charge in [0.1, 0.15) is 0 Å². The fourth-order valence-corrected chi connectivity index (χ4v) is 1.11. The second-order valence-electron chi connectivity index (χ2n) is 2.90. The molecule has 0 aliphatic heterocycles. The first-order valence-corrected chi connectivity index (χ1v) is 4.33. The van der Waals surface area contributed by atoms with Gasteiger partial charge >= 0.3 is 0 Å². The smallest absolute Gasteiger partial charge is 0.159 e. The molecule has 0 saturated carbocycles. The Morgan fingerprint density at radius 2 is 1.87 bits per heavy atom. The fourth-order valence-electron chi connectivity index (χ4n) is 1.11. The van der Waals surface area contributed by atoms with Gasteiger partial charge in [-0.3, -0.25) is 0 Å². The lowest BCUT2D eigenvalue weighted by Crippen LogP contribution is -1.81. The average Bonchev–Trinajstić information content (AvgIpc) is 2.25. The van der Waals surface area contributed by atoms with Crippen LogP contribution in [0.4, 0.5) is 20.3 Å². The highest BCUT2D eigenvalue weighted by Crippen LogP contribution is 2.28. The molecule has 15 heavy (non-hydrogen) atoms. The van der Waals surface area contributed by atoms with Crippen LogP contribution in [0.2, 0.25) is 0 Å². The van der Waals surface area contributed by atoms with Crippen LogP contribution in [0.15, 0.2) is 42.6 Å². The van der Waals surface area contributed by atoms with Crippen LogP contribution >= 0.6 is 0 Å². The molecule has 2 nitrogen and oxygen atoms in total. The van der Waals surface area contributed by atoms with Gasteiger partial charge in [0.05, 0.1) is 0 Å². The van der Waals surface area contributed by atoms with Crippen molar-refractivity contribution in [3.05, 3.63) is 59.5 Å². The van der Waals surface area contributed by atoms with E-state index in [1.54, 1.807) is 24.4 Å². The molecule has 1 heterocycles. The van der Waals surface area contributed by atoms with Gasteiger partial charge < -0.3 is 10.3 Å². The molecule has 0 fully saturated rings. The average molecular weight is 205 g/mol. The maximum atomic E-state index is 12.8. The summed E-state index contributed by atoms with van der Waals surface area (Å²) in [6.45, 7) is 0. The minimum absolute atomic E-state index is 0.340. The first kappa shape index (κ1) is 9.58. The Morgan fingerprint density at radius 3 is 2.53 bits per heavy atom. The SMILES string of the molecule is Fc1ccc([N-]c2ccccn2)cc1F. The van der Waals surface area contributed by atoms with E-state index in [1.807, 2.05) is 0 Å². The maximum absolute atomic E-state index is 12.8. The minimum Gasteiger partial charge on any atom is -0.443 e. The molecule has 0 unspecified atom stereocenters. The number of hydrogen-bond donors (Lipinski definition) is 0. The number of benzene rings is 1. The molecule has 1 aromatic carbocycles. The van der Waals surface area contributed by atoms with E-state index in [2.05, 4.69) is 10.3 Å². The van der Waals surface area contributed by atoms with E-state index in [0.29, 0.717) is 11.5 Å². The highest BCUT2D eigenvalue weighted by atomic mass is 19.2. The zero-order valence-corrected chi connectivity index (χ0v) is 7.69. The first-order valence-electron chi connectivity index (χ1n) is 4.33. The van der Waals surface area contributed by atoms with Gasteiger partial charge in [0.15, 0.2) is 11.6 Å². The highest BCUT2D eigenvalue weighted by Gasteiger charge is 1.99. The Labute approximate surface area is 85.6 Å². The number of rotatable bonds is 2. The fraction of sp³-hybridized carbons (Fsp3) is 0. The standard InChI is InChI=1S/C11H7F2N2/c12-9-5-4-8(7-10(9)13)15-11-3-1-2-6-14-11/h1-7H/q-1. The van der Waals surface area contributed by atoms with Crippen LogP contribution in [0.3, 0.4) is 0 Å². The van der Waals surface area contributed by atoms with Crippen molar-refractivity contribution < 1.29 is 8.78 Å². The van der Waals surface area contributed by atoms with E-state index in [0.717, 1.165) is 12.1 Å². The molecule has 2 aromatic rings. The molecule has 0 saturated heterocycles. The summed E-state index contributed by atoms with van der Waals surface area (Å²) in [5.41, 5.74) is 0.340. The van der Waals surface area contributed by atoms with Gasteiger partial charge in [0, 0.05) is 0 Å². The molecule has 0 radical (unpaired) electrons. The van der Waals surface area contributed by atoms with Gasteiger partial charge in [-0.05, 0) is 17.8 Å². The monoisotopic (exact) mass is 205 g/mol. The molecule has 1 aromatic heterocycles. The van der Waals surface area contributed by atoms with Crippen molar-refractivity contribution >= 4 is 11.5 Å². The van der Waals surface area contributed by atoms with E-state index in [4.69, 9.17) is 0 Å². The predicted octanol–water partition coefficient (Wildman–Crippen LogP) is 3.70. The largest absolute Gasteiger partial charge is 0.443 e. The van der Waals surface area contributed by atoms with Crippen molar-refractivity contribution in [2.24, 2.45) is 0 Å². The second-order valence-corrected chi connectivity index (χ2v) is 2.90. The van der Waals surface area contributed by atoms with E-state index in [-0.39, 0.29) is 0 Å². The Balaban J connectivity index is 2.22. The molecule has 76 valence electrons. The van der Waals surface area contributed by atoms with Crippen LogP contribution in [0, 0.1) is 11.6 Å². The summed E-state index contributed by atoms with van der Waals surface area (Å²) in [5.74, 6) is -1.33. The Hall–Kier alpha value is -1.97. The van der Waals surface area contributed by atoms with Crippen molar-refractivity contribution in [2.75, 3.05) is 0 Å². The third-order valence-corrected chi connectivity index (χ3v) is 1.80. The van der Waals surface area contributed by atoms with E-state index >= 15 is 0 Å². The zero-order valence-electron chi connectivity index (χ0n) is 7.69. The van der Waals surface area contributed by atoms with Crippen LogP contribution in [0.1, 0.15) is 0 Å². The predicted molar refractivity (Wildman–Crippen MR) is 53.3 cm³/mol. The van der Waals surface area contributed by atoms with Crippen molar-refractivity contribution in [1.82, 2.24) is 4.98 Å². The molecule has 0 aliphatic carbocycles. The van der Waals surface area contributed by atoms with Gasteiger partial charge in [0.25, 0.3) is 0 Å². The van der Waals surface area contributed by atoms with E-state index in [9.17, 15) is 8.78 Å². The summed E-state index contributed by atoms with van der Waals surface area (Å²) in [6.07, 6.45) is 1.58. The quantitative estimate of drug-likeness (QED) is 0.734. The molecule has 0 atom stereocenters. The normalized spacial score (nSPS) is 10.0. The van der Waals surface area contributed by atoms with Crippen molar-refractivity contribution in [3.8, 4) is 0 Å². The molecule has 0 bridgehead atoms. The van der Waals surface area contributed by atoms with Crippen LogP contribution in [0.25, 0.3) is 5.32 Å².